The molecule has 1 heterocycles. The number of amides is 2. The molecule has 1 aliphatic heterocycles. The van der Waals surface area contributed by atoms with Crippen LogP contribution in [0, 0.1) is 5.41 Å². The van der Waals surface area contributed by atoms with Crippen molar-refractivity contribution in [3.63, 3.8) is 0 Å². The first kappa shape index (κ1) is 18.2. The number of urea groups is 1. The van der Waals surface area contributed by atoms with E-state index in [9.17, 15) is 9.90 Å². The molecule has 1 aromatic carbocycles. The Morgan fingerprint density at radius 3 is 2.88 bits per heavy atom. The number of anilines is 1. The molecule has 5 nitrogen and oxygen atoms in total. The number of benzene rings is 1. The van der Waals surface area contributed by atoms with E-state index < -0.39 is 0 Å². The van der Waals surface area contributed by atoms with Gasteiger partial charge in [0.1, 0.15) is 0 Å². The van der Waals surface area contributed by atoms with E-state index in [0.29, 0.717) is 0 Å². The lowest BCUT2D eigenvalue weighted by Crippen LogP contribution is -2.46. The number of carbonyl (C=O) groups excluding carboxylic acids is 1. The van der Waals surface area contributed by atoms with E-state index in [4.69, 9.17) is 0 Å². The first-order valence-electron chi connectivity index (χ1n) is 9.59. The number of likely N-dealkylation sites (tertiary alicyclic amines) is 1. The van der Waals surface area contributed by atoms with Gasteiger partial charge in [-0.3, -0.25) is 0 Å². The topological polar surface area (TPSA) is 64.6 Å². The number of aliphatic hydroxyl groups excluding tert-OH is 1. The fourth-order valence-electron chi connectivity index (χ4n) is 4.09. The molecule has 1 saturated heterocycles. The van der Waals surface area contributed by atoms with Crippen LogP contribution in [0.2, 0.25) is 0 Å². The maximum atomic E-state index is 12.3. The van der Waals surface area contributed by atoms with Crippen LogP contribution in [0.5, 0.6) is 0 Å². The van der Waals surface area contributed by atoms with E-state index in [1.165, 1.54) is 31.5 Å². The van der Waals surface area contributed by atoms with Gasteiger partial charge in [-0.05, 0) is 62.9 Å². The molecule has 2 atom stereocenters. The van der Waals surface area contributed by atoms with Crippen molar-refractivity contribution in [1.82, 2.24) is 10.2 Å². The molecule has 2 unspecified atom stereocenters. The van der Waals surface area contributed by atoms with Gasteiger partial charge in [-0.25, -0.2) is 4.79 Å². The van der Waals surface area contributed by atoms with Gasteiger partial charge in [0.25, 0.3) is 0 Å². The average molecular weight is 345 g/mol. The molecule has 0 aromatic heterocycles. The summed E-state index contributed by atoms with van der Waals surface area (Å²) in [6.45, 7) is 5.68. The number of hydrogen-bond donors (Lipinski definition) is 3. The molecule has 0 bridgehead atoms. The highest BCUT2D eigenvalue weighted by Crippen LogP contribution is 2.37. The number of nitrogens with zero attached hydrogens (tertiary/aromatic N) is 1. The zero-order valence-electron chi connectivity index (χ0n) is 15.3. The normalized spacial score (nSPS) is 26.7. The van der Waals surface area contributed by atoms with E-state index in [2.05, 4.69) is 27.7 Å². The van der Waals surface area contributed by atoms with Crippen molar-refractivity contribution in [2.45, 2.75) is 51.5 Å². The monoisotopic (exact) mass is 345 g/mol. The lowest BCUT2D eigenvalue weighted by molar-refractivity contribution is 0.122. The van der Waals surface area contributed by atoms with Gasteiger partial charge in [0.05, 0.1) is 6.61 Å². The van der Waals surface area contributed by atoms with Gasteiger partial charge in [0.2, 0.25) is 0 Å². The Morgan fingerprint density at radius 1 is 1.32 bits per heavy atom. The Labute approximate surface area is 150 Å². The molecule has 138 valence electrons. The molecule has 0 spiro atoms. The second-order valence-electron chi connectivity index (χ2n) is 7.85. The smallest absolute Gasteiger partial charge is 0.319 e. The third-order valence-corrected chi connectivity index (χ3v) is 5.85. The van der Waals surface area contributed by atoms with Crippen molar-refractivity contribution >= 4 is 11.7 Å². The fourth-order valence-corrected chi connectivity index (χ4v) is 4.09. The van der Waals surface area contributed by atoms with Crippen molar-refractivity contribution in [1.29, 1.82) is 0 Å². The summed E-state index contributed by atoms with van der Waals surface area (Å²) in [4.78, 5) is 14.8. The summed E-state index contributed by atoms with van der Waals surface area (Å²) in [6, 6.07) is 7.98. The van der Waals surface area contributed by atoms with Crippen molar-refractivity contribution in [3.05, 3.63) is 29.8 Å². The van der Waals surface area contributed by atoms with Crippen molar-refractivity contribution in [2.24, 2.45) is 5.41 Å². The Morgan fingerprint density at radius 2 is 2.12 bits per heavy atom. The molecule has 1 aromatic rings. The summed E-state index contributed by atoms with van der Waals surface area (Å²) in [5.74, 6) is 0. The van der Waals surface area contributed by atoms with Gasteiger partial charge >= 0.3 is 6.03 Å². The van der Waals surface area contributed by atoms with Gasteiger partial charge in [-0.2, -0.15) is 0 Å². The highest BCUT2D eigenvalue weighted by molar-refractivity contribution is 5.89. The summed E-state index contributed by atoms with van der Waals surface area (Å²) in [5.41, 5.74) is 1.89. The maximum absolute atomic E-state index is 12.3. The Balaban J connectivity index is 1.51. The molecule has 2 amide bonds. The van der Waals surface area contributed by atoms with Crippen LogP contribution >= 0.6 is 0 Å². The summed E-state index contributed by atoms with van der Waals surface area (Å²) in [5, 5.41) is 15.6. The molecule has 3 rings (SSSR count). The maximum Gasteiger partial charge on any atom is 0.319 e. The Bertz CT molecular complexity index is 586. The van der Waals surface area contributed by atoms with Crippen LogP contribution in [0.4, 0.5) is 10.5 Å². The SMILES string of the molecule is CC1(CO)CCCC1NC(=O)Nc1cccc(CCN2CCCC2)c1. The van der Waals surface area contributed by atoms with Crippen LogP contribution < -0.4 is 10.6 Å². The van der Waals surface area contributed by atoms with E-state index in [-0.39, 0.29) is 24.1 Å². The van der Waals surface area contributed by atoms with Gasteiger partial charge in [-0.15, -0.1) is 0 Å². The fraction of sp³-hybridized carbons (Fsp3) is 0.650. The molecule has 5 heteroatoms. The molecular formula is C20H31N3O2. The largest absolute Gasteiger partial charge is 0.396 e. The number of hydrogen-bond acceptors (Lipinski definition) is 3. The van der Waals surface area contributed by atoms with Crippen LogP contribution in [0.15, 0.2) is 24.3 Å². The van der Waals surface area contributed by atoms with E-state index in [1.807, 2.05) is 19.1 Å². The predicted octanol–water partition coefficient (Wildman–Crippen LogP) is 3.00. The lowest BCUT2D eigenvalue weighted by atomic mass is 9.86. The molecule has 2 fully saturated rings. The zero-order chi connectivity index (χ0) is 17.7. The molecule has 0 radical (unpaired) electrons. The van der Waals surface area contributed by atoms with Gasteiger partial charge in [0, 0.05) is 23.7 Å². The highest BCUT2D eigenvalue weighted by atomic mass is 16.3. The molecule has 1 aliphatic carbocycles. The third-order valence-electron chi connectivity index (χ3n) is 5.85. The van der Waals surface area contributed by atoms with Crippen molar-refractivity contribution in [2.75, 3.05) is 31.6 Å². The Hall–Kier alpha value is -1.59. The van der Waals surface area contributed by atoms with Crippen LogP contribution in [0.3, 0.4) is 0 Å². The quantitative estimate of drug-likeness (QED) is 0.743. The minimum absolute atomic E-state index is 0.0378. The average Bonchev–Trinajstić information content (AvgIpc) is 3.24. The van der Waals surface area contributed by atoms with Crippen molar-refractivity contribution in [3.8, 4) is 0 Å². The molecule has 2 aliphatic rings. The van der Waals surface area contributed by atoms with E-state index in [0.717, 1.165) is 37.9 Å². The summed E-state index contributed by atoms with van der Waals surface area (Å²) >= 11 is 0. The highest BCUT2D eigenvalue weighted by Gasteiger charge is 2.39. The third kappa shape index (κ3) is 4.73. The Kier molecular flexibility index (Phi) is 5.97. The number of carbonyl (C=O) groups is 1. The zero-order valence-corrected chi connectivity index (χ0v) is 15.3. The van der Waals surface area contributed by atoms with Crippen LogP contribution in [0.1, 0.15) is 44.6 Å². The summed E-state index contributed by atoms with van der Waals surface area (Å²) < 4.78 is 0. The minimum Gasteiger partial charge on any atom is -0.396 e. The molecule has 3 N–H and O–H groups in total. The van der Waals surface area contributed by atoms with E-state index >= 15 is 0 Å². The van der Waals surface area contributed by atoms with Crippen LogP contribution in [-0.2, 0) is 6.42 Å². The standard InChI is InChI=1S/C20H31N3O2/c1-20(15-24)10-5-8-18(20)22-19(25)21-17-7-4-6-16(14-17)9-13-23-11-2-3-12-23/h4,6-7,14,18,24H,2-3,5,8-13,15H2,1H3,(H2,21,22,25). The van der Waals surface area contributed by atoms with Crippen LogP contribution in [0.25, 0.3) is 0 Å². The number of rotatable bonds is 6. The van der Waals surface area contributed by atoms with Gasteiger partial charge in [0.15, 0.2) is 0 Å². The first-order valence-corrected chi connectivity index (χ1v) is 9.59. The molecule has 1 saturated carbocycles. The van der Waals surface area contributed by atoms with Crippen molar-refractivity contribution < 1.29 is 9.90 Å². The number of nitrogens with one attached hydrogen (secondary N) is 2. The van der Waals surface area contributed by atoms with E-state index in [1.54, 1.807) is 0 Å². The minimum atomic E-state index is -0.199. The van der Waals surface area contributed by atoms with Crippen LogP contribution in [-0.4, -0.2) is 48.3 Å². The molecular weight excluding hydrogens is 314 g/mol. The predicted molar refractivity (Wildman–Crippen MR) is 101 cm³/mol. The second-order valence-corrected chi connectivity index (χ2v) is 7.85. The number of aliphatic hydroxyl groups is 1. The summed E-state index contributed by atoms with van der Waals surface area (Å²) in [7, 11) is 0. The molecule has 25 heavy (non-hydrogen) atoms. The second kappa shape index (κ2) is 8.19. The van der Waals surface area contributed by atoms with Gasteiger partial charge < -0.3 is 20.6 Å². The first-order chi connectivity index (χ1) is 12.1. The lowest BCUT2D eigenvalue weighted by Gasteiger charge is -2.30. The summed E-state index contributed by atoms with van der Waals surface area (Å²) in [6.07, 6.45) is 6.59. The van der Waals surface area contributed by atoms with Gasteiger partial charge in [-0.1, -0.05) is 25.5 Å².